The van der Waals surface area contributed by atoms with E-state index in [-0.39, 0.29) is 5.56 Å². The highest BCUT2D eigenvalue weighted by molar-refractivity contribution is 7.16. The zero-order valence-corrected chi connectivity index (χ0v) is 11.2. The van der Waals surface area contributed by atoms with E-state index in [0.717, 1.165) is 17.7 Å². The van der Waals surface area contributed by atoms with E-state index < -0.39 is 5.97 Å². The summed E-state index contributed by atoms with van der Waals surface area (Å²) in [5, 5.41) is 9.30. The molecule has 0 aliphatic carbocycles. The van der Waals surface area contributed by atoms with Crippen molar-refractivity contribution in [2.24, 2.45) is 0 Å². The van der Waals surface area contributed by atoms with Gasteiger partial charge < -0.3 is 10.8 Å². The SMILES string of the molecule is CCCCCCCCc1cc(C(=O)O)c(N)s1. The van der Waals surface area contributed by atoms with E-state index in [1.165, 1.54) is 43.4 Å². The number of carboxylic acids is 1. The molecule has 0 atom stereocenters. The van der Waals surface area contributed by atoms with Gasteiger partial charge in [0.2, 0.25) is 0 Å². The lowest BCUT2D eigenvalue weighted by molar-refractivity contribution is 0.0698. The summed E-state index contributed by atoms with van der Waals surface area (Å²) < 4.78 is 0. The molecule has 3 N–H and O–H groups in total. The maximum absolute atomic E-state index is 10.8. The first-order valence-corrected chi connectivity index (χ1v) is 7.08. The van der Waals surface area contributed by atoms with Crippen molar-refractivity contribution in [2.75, 3.05) is 5.73 Å². The minimum atomic E-state index is -0.923. The van der Waals surface area contributed by atoms with Gasteiger partial charge in [0.1, 0.15) is 5.00 Å². The highest BCUT2D eigenvalue weighted by atomic mass is 32.1. The van der Waals surface area contributed by atoms with E-state index in [2.05, 4.69) is 6.92 Å². The van der Waals surface area contributed by atoms with Crippen LogP contribution in [0.4, 0.5) is 5.00 Å². The topological polar surface area (TPSA) is 63.3 Å². The second kappa shape index (κ2) is 7.33. The van der Waals surface area contributed by atoms with Crippen molar-refractivity contribution in [1.82, 2.24) is 0 Å². The maximum Gasteiger partial charge on any atom is 0.338 e. The average molecular weight is 255 g/mol. The Labute approximate surface area is 107 Å². The van der Waals surface area contributed by atoms with Crippen LogP contribution in [0.5, 0.6) is 0 Å². The zero-order chi connectivity index (χ0) is 12.7. The molecule has 0 amide bonds. The second-order valence-electron chi connectivity index (χ2n) is 4.31. The van der Waals surface area contributed by atoms with Crippen molar-refractivity contribution in [3.8, 4) is 0 Å². The molecule has 1 aromatic rings. The van der Waals surface area contributed by atoms with Crippen LogP contribution < -0.4 is 5.73 Å². The smallest absolute Gasteiger partial charge is 0.338 e. The van der Waals surface area contributed by atoms with Gasteiger partial charge in [-0.05, 0) is 18.9 Å². The van der Waals surface area contributed by atoms with Gasteiger partial charge in [0.15, 0.2) is 0 Å². The van der Waals surface area contributed by atoms with Crippen LogP contribution in [0.1, 0.15) is 60.7 Å². The third kappa shape index (κ3) is 4.77. The fourth-order valence-electron chi connectivity index (χ4n) is 1.83. The lowest BCUT2D eigenvalue weighted by Crippen LogP contribution is -1.97. The molecule has 17 heavy (non-hydrogen) atoms. The maximum atomic E-state index is 10.8. The van der Waals surface area contributed by atoms with E-state index >= 15 is 0 Å². The first kappa shape index (κ1) is 14.0. The average Bonchev–Trinajstić information content (AvgIpc) is 2.65. The Morgan fingerprint density at radius 2 is 1.94 bits per heavy atom. The Hall–Kier alpha value is -1.03. The largest absolute Gasteiger partial charge is 0.478 e. The fourth-order valence-corrected chi connectivity index (χ4v) is 2.79. The number of nitrogens with two attached hydrogens (primary N) is 1. The summed E-state index contributed by atoms with van der Waals surface area (Å²) in [6, 6.07) is 1.72. The molecular weight excluding hydrogens is 234 g/mol. The van der Waals surface area contributed by atoms with Crippen LogP contribution in [0.25, 0.3) is 0 Å². The molecule has 0 aliphatic heterocycles. The van der Waals surface area contributed by atoms with Gasteiger partial charge >= 0.3 is 5.97 Å². The number of unbranched alkanes of at least 4 members (excludes halogenated alkanes) is 5. The predicted octanol–water partition coefficient (Wildman–Crippen LogP) is 3.93. The van der Waals surface area contributed by atoms with E-state index in [1.807, 2.05) is 0 Å². The lowest BCUT2D eigenvalue weighted by atomic mass is 10.1. The number of hydrogen-bond acceptors (Lipinski definition) is 3. The van der Waals surface area contributed by atoms with E-state index in [4.69, 9.17) is 10.8 Å². The van der Waals surface area contributed by atoms with Gasteiger partial charge in [-0.3, -0.25) is 0 Å². The van der Waals surface area contributed by atoms with Gasteiger partial charge in [-0.2, -0.15) is 0 Å². The number of carbonyl (C=O) groups is 1. The highest BCUT2D eigenvalue weighted by Gasteiger charge is 2.12. The van der Waals surface area contributed by atoms with Crippen molar-refractivity contribution in [2.45, 2.75) is 51.9 Å². The molecule has 0 saturated heterocycles. The van der Waals surface area contributed by atoms with Crippen LogP contribution in [0.15, 0.2) is 6.07 Å². The Balaban J connectivity index is 2.27. The third-order valence-corrected chi connectivity index (χ3v) is 3.84. The monoisotopic (exact) mass is 255 g/mol. The zero-order valence-electron chi connectivity index (χ0n) is 10.4. The number of aromatic carboxylic acids is 1. The Morgan fingerprint density at radius 1 is 1.29 bits per heavy atom. The quantitative estimate of drug-likeness (QED) is 0.692. The van der Waals surface area contributed by atoms with E-state index in [1.54, 1.807) is 6.07 Å². The summed E-state index contributed by atoms with van der Waals surface area (Å²) in [5.74, 6) is -0.923. The predicted molar refractivity (Wildman–Crippen MR) is 72.8 cm³/mol. The summed E-state index contributed by atoms with van der Waals surface area (Å²) in [6.07, 6.45) is 8.47. The number of aryl methyl sites for hydroxylation is 1. The molecule has 0 bridgehead atoms. The molecule has 0 aromatic carbocycles. The fraction of sp³-hybridized carbons (Fsp3) is 0.615. The molecule has 3 nitrogen and oxygen atoms in total. The molecule has 4 heteroatoms. The molecule has 0 radical (unpaired) electrons. The van der Waals surface area contributed by atoms with Crippen LogP contribution in [-0.2, 0) is 6.42 Å². The number of carboxylic acid groups (broad SMARTS) is 1. The molecule has 1 heterocycles. The van der Waals surface area contributed by atoms with Gasteiger partial charge in [-0.1, -0.05) is 39.0 Å². The molecule has 1 aromatic heterocycles. The summed E-state index contributed by atoms with van der Waals surface area (Å²) >= 11 is 1.41. The van der Waals surface area contributed by atoms with Crippen molar-refractivity contribution >= 4 is 22.3 Å². The van der Waals surface area contributed by atoms with Gasteiger partial charge in [0, 0.05) is 4.88 Å². The summed E-state index contributed by atoms with van der Waals surface area (Å²) in [5.41, 5.74) is 5.91. The van der Waals surface area contributed by atoms with Crippen LogP contribution >= 0.6 is 11.3 Å². The minimum Gasteiger partial charge on any atom is -0.478 e. The normalized spacial score (nSPS) is 10.6. The van der Waals surface area contributed by atoms with Gasteiger partial charge in [-0.15, -0.1) is 11.3 Å². The van der Waals surface area contributed by atoms with Gasteiger partial charge in [0.25, 0.3) is 0 Å². The third-order valence-electron chi connectivity index (χ3n) is 2.82. The standard InChI is InChI=1S/C13H21NO2S/c1-2-3-4-5-6-7-8-10-9-11(13(15)16)12(14)17-10/h9H,2-8,14H2,1H3,(H,15,16). The van der Waals surface area contributed by atoms with Crippen LogP contribution in [0.2, 0.25) is 0 Å². The van der Waals surface area contributed by atoms with Crippen molar-refractivity contribution in [3.05, 3.63) is 16.5 Å². The Bertz CT molecular complexity index is 360. The molecule has 0 aliphatic rings. The van der Waals surface area contributed by atoms with E-state index in [0.29, 0.717) is 5.00 Å². The number of hydrogen-bond donors (Lipinski definition) is 2. The summed E-state index contributed by atoms with van der Waals surface area (Å²) in [6.45, 7) is 2.21. The minimum absolute atomic E-state index is 0.260. The first-order chi connectivity index (χ1) is 8.15. The van der Waals surface area contributed by atoms with Gasteiger partial charge in [0.05, 0.1) is 5.56 Å². The number of anilines is 1. The highest BCUT2D eigenvalue weighted by Crippen LogP contribution is 2.26. The van der Waals surface area contributed by atoms with Crippen LogP contribution in [0.3, 0.4) is 0 Å². The Morgan fingerprint density at radius 3 is 2.53 bits per heavy atom. The van der Waals surface area contributed by atoms with Crippen molar-refractivity contribution in [3.63, 3.8) is 0 Å². The molecule has 1 rings (SSSR count). The van der Waals surface area contributed by atoms with Crippen molar-refractivity contribution < 1.29 is 9.90 Å². The molecular formula is C13H21NO2S. The Kier molecular flexibility index (Phi) is 6.05. The molecule has 96 valence electrons. The number of nitrogen functional groups attached to an aromatic ring is 1. The van der Waals surface area contributed by atoms with Crippen LogP contribution in [-0.4, -0.2) is 11.1 Å². The first-order valence-electron chi connectivity index (χ1n) is 6.26. The lowest BCUT2D eigenvalue weighted by Gasteiger charge is -1.98. The molecule has 0 unspecified atom stereocenters. The molecule has 0 saturated carbocycles. The second-order valence-corrected chi connectivity index (χ2v) is 5.48. The molecule has 0 spiro atoms. The summed E-state index contributed by atoms with van der Waals surface area (Å²) in [4.78, 5) is 11.9. The van der Waals surface area contributed by atoms with Crippen molar-refractivity contribution in [1.29, 1.82) is 0 Å². The molecule has 0 fully saturated rings. The summed E-state index contributed by atoms with van der Waals surface area (Å²) in [7, 11) is 0. The number of rotatable bonds is 8. The number of thiophene rings is 1. The van der Waals surface area contributed by atoms with E-state index in [9.17, 15) is 4.79 Å². The van der Waals surface area contributed by atoms with Gasteiger partial charge in [-0.25, -0.2) is 4.79 Å². The van der Waals surface area contributed by atoms with Crippen LogP contribution in [0, 0.1) is 0 Å².